The molecular formula is C24H22N4O5. The van der Waals surface area contributed by atoms with Gasteiger partial charge in [-0.05, 0) is 68.4 Å². The van der Waals surface area contributed by atoms with Crippen LogP contribution in [0, 0.1) is 0 Å². The Kier molecular flexibility index (Phi) is 6.21. The van der Waals surface area contributed by atoms with Crippen molar-refractivity contribution in [3.05, 3.63) is 87.2 Å². The van der Waals surface area contributed by atoms with Gasteiger partial charge in [-0.2, -0.15) is 0 Å². The number of nitrogens with one attached hydrogen (secondary N) is 2. The summed E-state index contributed by atoms with van der Waals surface area (Å²) in [5.74, 6) is 1.60. The molecule has 0 fully saturated rings. The Hall–Kier alpha value is -4.40. The van der Waals surface area contributed by atoms with E-state index in [-0.39, 0.29) is 16.6 Å². The summed E-state index contributed by atoms with van der Waals surface area (Å²) >= 11 is 0. The van der Waals surface area contributed by atoms with Gasteiger partial charge in [-0.15, -0.1) is 0 Å². The Morgan fingerprint density at radius 1 is 1.00 bits per heavy atom. The molecule has 0 aliphatic heterocycles. The molecule has 0 atom stereocenters. The van der Waals surface area contributed by atoms with Crippen molar-refractivity contribution >= 4 is 22.6 Å². The van der Waals surface area contributed by atoms with Gasteiger partial charge >= 0.3 is 5.69 Å². The maximum atomic E-state index is 12.7. The molecule has 0 aliphatic rings. The quantitative estimate of drug-likeness (QED) is 0.449. The minimum atomic E-state index is -0.586. The summed E-state index contributed by atoms with van der Waals surface area (Å²) in [6, 6.07) is 15.6. The number of fused-ring (bicyclic) bond motifs is 1. The van der Waals surface area contributed by atoms with Crippen LogP contribution in [0.3, 0.4) is 0 Å². The third-order valence-corrected chi connectivity index (χ3v) is 4.89. The number of hydrogen-bond acceptors (Lipinski definition) is 6. The molecule has 0 spiro atoms. The molecule has 2 aromatic carbocycles. The highest BCUT2D eigenvalue weighted by molar-refractivity contribution is 6.05. The summed E-state index contributed by atoms with van der Waals surface area (Å²) < 4.78 is 12.6. The number of hydrogen-bond donors (Lipinski definition) is 2. The molecule has 33 heavy (non-hydrogen) atoms. The highest BCUT2D eigenvalue weighted by atomic mass is 16.5. The lowest BCUT2D eigenvalue weighted by atomic mass is 10.2. The molecule has 0 aliphatic carbocycles. The third kappa shape index (κ3) is 4.77. The number of anilines is 1. The van der Waals surface area contributed by atoms with Gasteiger partial charge in [-0.1, -0.05) is 0 Å². The number of pyridine rings is 1. The van der Waals surface area contributed by atoms with Crippen LogP contribution in [0.1, 0.15) is 24.2 Å². The normalized spacial score (nSPS) is 10.7. The highest BCUT2D eigenvalue weighted by Gasteiger charge is 2.13. The zero-order valence-corrected chi connectivity index (χ0v) is 18.1. The van der Waals surface area contributed by atoms with Gasteiger partial charge in [0.15, 0.2) is 0 Å². The zero-order chi connectivity index (χ0) is 23.4. The van der Waals surface area contributed by atoms with E-state index in [4.69, 9.17) is 9.47 Å². The molecule has 2 heterocycles. The smallest absolute Gasteiger partial charge is 0.329 e. The molecule has 0 radical (unpaired) electrons. The van der Waals surface area contributed by atoms with Crippen molar-refractivity contribution in [1.82, 2.24) is 14.5 Å². The molecular weight excluding hydrogens is 424 g/mol. The lowest BCUT2D eigenvalue weighted by molar-refractivity contribution is 0.102. The van der Waals surface area contributed by atoms with Crippen LogP contribution in [-0.2, 0) is 6.54 Å². The first-order valence-corrected chi connectivity index (χ1v) is 10.4. The van der Waals surface area contributed by atoms with Crippen LogP contribution in [0.2, 0.25) is 0 Å². The molecule has 4 aromatic rings. The predicted molar refractivity (Wildman–Crippen MR) is 124 cm³/mol. The van der Waals surface area contributed by atoms with Gasteiger partial charge in [0.05, 0.1) is 17.6 Å². The molecule has 0 saturated heterocycles. The lowest BCUT2D eigenvalue weighted by Gasteiger charge is -2.10. The van der Waals surface area contributed by atoms with E-state index in [1.807, 2.05) is 31.2 Å². The van der Waals surface area contributed by atoms with E-state index >= 15 is 0 Å². The first kappa shape index (κ1) is 21.8. The van der Waals surface area contributed by atoms with Gasteiger partial charge in [0.1, 0.15) is 22.9 Å². The van der Waals surface area contributed by atoms with Gasteiger partial charge in [-0.3, -0.25) is 19.1 Å². The summed E-state index contributed by atoms with van der Waals surface area (Å²) in [5.41, 5.74) is -0.140. The average molecular weight is 446 g/mol. The van der Waals surface area contributed by atoms with Crippen LogP contribution in [0.25, 0.3) is 11.0 Å². The Morgan fingerprint density at radius 3 is 2.27 bits per heavy atom. The SMILES string of the molecule is CCOc1ccc(Oc2ccc(NC(=O)c3cnc4c(c3)c(=O)[nH]c(=O)n4CC)cc2)cc1. The molecule has 1 amide bonds. The first-order valence-electron chi connectivity index (χ1n) is 10.4. The monoisotopic (exact) mass is 446 g/mol. The number of carbonyl (C=O) groups excluding carboxylic acids is 1. The fourth-order valence-electron chi connectivity index (χ4n) is 3.30. The Bertz CT molecular complexity index is 1410. The van der Waals surface area contributed by atoms with E-state index in [2.05, 4.69) is 15.3 Å². The molecule has 0 saturated carbocycles. The van der Waals surface area contributed by atoms with Crippen LogP contribution in [0.5, 0.6) is 17.2 Å². The molecule has 2 aromatic heterocycles. The van der Waals surface area contributed by atoms with Gasteiger partial charge in [-0.25, -0.2) is 9.78 Å². The van der Waals surface area contributed by atoms with Crippen molar-refractivity contribution in [2.24, 2.45) is 0 Å². The number of aromatic nitrogens is 3. The van der Waals surface area contributed by atoms with Crippen molar-refractivity contribution in [3.63, 3.8) is 0 Å². The van der Waals surface area contributed by atoms with Crippen molar-refractivity contribution in [1.29, 1.82) is 0 Å². The predicted octanol–water partition coefficient (Wildman–Crippen LogP) is 3.55. The first-order chi connectivity index (χ1) is 16.0. The fraction of sp³-hybridized carbons (Fsp3) is 0.167. The van der Waals surface area contributed by atoms with E-state index in [1.54, 1.807) is 31.2 Å². The van der Waals surface area contributed by atoms with Crippen LogP contribution in [-0.4, -0.2) is 27.0 Å². The minimum Gasteiger partial charge on any atom is -0.494 e. The second kappa shape index (κ2) is 9.39. The Morgan fingerprint density at radius 2 is 1.64 bits per heavy atom. The molecule has 0 unspecified atom stereocenters. The van der Waals surface area contributed by atoms with Crippen LogP contribution < -0.4 is 26.0 Å². The second-order valence-electron chi connectivity index (χ2n) is 7.08. The van der Waals surface area contributed by atoms with Crippen LogP contribution >= 0.6 is 0 Å². The second-order valence-corrected chi connectivity index (χ2v) is 7.08. The number of H-pyrrole nitrogens is 1. The number of carbonyl (C=O) groups is 1. The Labute approximate surface area is 188 Å². The van der Waals surface area contributed by atoms with Crippen LogP contribution in [0.15, 0.2) is 70.4 Å². The zero-order valence-electron chi connectivity index (χ0n) is 18.1. The molecule has 4 rings (SSSR count). The maximum Gasteiger partial charge on any atom is 0.329 e. The third-order valence-electron chi connectivity index (χ3n) is 4.89. The fourth-order valence-corrected chi connectivity index (χ4v) is 3.30. The minimum absolute atomic E-state index is 0.170. The van der Waals surface area contributed by atoms with Crippen molar-refractivity contribution in [3.8, 4) is 17.2 Å². The number of amides is 1. The van der Waals surface area contributed by atoms with Gasteiger partial charge in [0, 0.05) is 18.4 Å². The number of benzene rings is 2. The Balaban J connectivity index is 1.48. The van der Waals surface area contributed by atoms with Gasteiger partial charge in [0.25, 0.3) is 11.5 Å². The van der Waals surface area contributed by atoms with Crippen molar-refractivity contribution in [2.75, 3.05) is 11.9 Å². The van der Waals surface area contributed by atoms with Gasteiger partial charge < -0.3 is 14.8 Å². The van der Waals surface area contributed by atoms with Gasteiger partial charge in [0.2, 0.25) is 0 Å². The summed E-state index contributed by atoms with van der Waals surface area (Å²) in [6.07, 6.45) is 1.34. The lowest BCUT2D eigenvalue weighted by Crippen LogP contribution is -2.30. The number of ether oxygens (including phenoxy) is 2. The highest BCUT2D eigenvalue weighted by Crippen LogP contribution is 2.25. The number of aromatic amines is 1. The standard InChI is InChI=1S/C24H22N4O5/c1-3-28-21-20(23(30)27-24(28)31)13-15(14-25-21)22(29)26-16-5-7-18(8-6-16)33-19-11-9-17(10-12-19)32-4-2/h5-14H,3-4H2,1-2H3,(H,26,29)(H,27,30,31). The van der Waals surface area contributed by atoms with E-state index in [9.17, 15) is 14.4 Å². The molecule has 9 heteroatoms. The number of rotatable bonds is 7. The van der Waals surface area contributed by atoms with Crippen LogP contribution in [0.4, 0.5) is 5.69 Å². The van der Waals surface area contributed by atoms with E-state index < -0.39 is 17.2 Å². The van der Waals surface area contributed by atoms with E-state index in [0.29, 0.717) is 30.3 Å². The topological polar surface area (TPSA) is 115 Å². The summed E-state index contributed by atoms with van der Waals surface area (Å²) in [5, 5.41) is 2.93. The summed E-state index contributed by atoms with van der Waals surface area (Å²) in [6.45, 7) is 4.63. The summed E-state index contributed by atoms with van der Waals surface area (Å²) in [4.78, 5) is 43.2. The maximum absolute atomic E-state index is 12.7. The van der Waals surface area contributed by atoms with E-state index in [1.165, 1.54) is 16.8 Å². The number of nitrogens with zero attached hydrogens (tertiary/aromatic N) is 2. The van der Waals surface area contributed by atoms with Crippen molar-refractivity contribution in [2.45, 2.75) is 20.4 Å². The average Bonchev–Trinajstić information content (AvgIpc) is 2.82. The summed E-state index contributed by atoms with van der Waals surface area (Å²) in [7, 11) is 0. The number of aryl methyl sites for hydroxylation is 1. The molecule has 2 N–H and O–H groups in total. The molecule has 0 bridgehead atoms. The largest absolute Gasteiger partial charge is 0.494 e. The molecule has 168 valence electrons. The molecule has 9 nitrogen and oxygen atoms in total. The van der Waals surface area contributed by atoms with Crippen molar-refractivity contribution < 1.29 is 14.3 Å². The van der Waals surface area contributed by atoms with E-state index in [0.717, 1.165) is 5.75 Å².